The summed E-state index contributed by atoms with van der Waals surface area (Å²) in [6.45, 7) is 5.17. The van der Waals surface area contributed by atoms with E-state index in [1.807, 2.05) is 0 Å². The van der Waals surface area contributed by atoms with Crippen LogP contribution >= 0.6 is 0 Å². The van der Waals surface area contributed by atoms with Gasteiger partial charge in [0, 0.05) is 7.11 Å². The van der Waals surface area contributed by atoms with Crippen LogP contribution in [0.15, 0.2) is 0 Å². The number of carboxylic acid groups (broad SMARTS) is 1. The lowest BCUT2D eigenvalue weighted by Gasteiger charge is -2.10. The Hall–Kier alpha value is -0.690. The van der Waals surface area contributed by atoms with Crippen molar-refractivity contribution in [1.82, 2.24) is 0 Å². The fourth-order valence-corrected chi connectivity index (χ4v) is 0.457. The minimum Gasteiger partial charge on any atom is -0.479 e. The standard InChI is InChI=1S/C6H14O3.C4H8O3/c1-5(8)4-9-6(2)3-7;1-3(7-2)4(5)6/h5-8H,3-4H2,1-2H3;3H,1-2H3,(H,5,6). The van der Waals surface area contributed by atoms with Crippen LogP contribution in [-0.2, 0) is 14.3 Å². The first kappa shape index (κ1) is 17.7. The molecule has 0 spiro atoms. The van der Waals surface area contributed by atoms with Crippen LogP contribution in [0.4, 0.5) is 0 Å². The van der Waals surface area contributed by atoms with Gasteiger partial charge in [0.2, 0.25) is 0 Å². The van der Waals surface area contributed by atoms with Gasteiger partial charge >= 0.3 is 5.97 Å². The molecule has 6 nitrogen and oxygen atoms in total. The quantitative estimate of drug-likeness (QED) is 0.596. The van der Waals surface area contributed by atoms with Gasteiger partial charge in [-0.3, -0.25) is 0 Å². The van der Waals surface area contributed by atoms with Crippen molar-refractivity contribution in [3.63, 3.8) is 0 Å². The Morgan fingerprint density at radius 1 is 1.31 bits per heavy atom. The third kappa shape index (κ3) is 13.3. The highest BCUT2D eigenvalue weighted by Gasteiger charge is 2.06. The molecule has 0 aliphatic carbocycles. The predicted molar refractivity (Wildman–Crippen MR) is 58.3 cm³/mol. The van der Waals surface area contributed by atoms with E-state index >= 15 is 0 Å². The maximum absolute atomic E-state index is 9.81. The molecule has 0 bridgehead atoms. The van der Waals surface area contributed by atoms with E-state index in [2.05, 4.69) is 4.74 Å². The summed E-state index contributed by atoms with van der Waals surface area (Å²) >= 11 is 0. The Morgan fingerprint density at radius 2 is 1.81 bits per heavy atom. The second-order valence-electron chi connectivity index (χ2n) is 3.39. The average Bonchev–Trinajstić information content (AvgIpc) is 2.25. The first-order chi connectivity index (χ1) is 7.34. The minimum absolute atomic E-state index is 0.00667. The van der Waals surface area contributed by atoms with E-state index < -0.39 is 18.2 Å². The van der Waals surface area contributed by atoms with Crippen molar-refractivity contribution in [1.29, 1.82) is 0 Å². The van der Waals surface area contributed by atoms with Crippen LogP contribution in [-0.4, -0.2) is 59.9 Å². The molecule has 0 fully saturated rings. The second-order valence-corrected chi connectivity index (χ2v) is 3.39. The van der Waals surface area contributed by atoms with Crippen molar-refractivity contribution in [2.45, 2.75) is 39.1 Å². The molecule has 0 aliphatic heterocycles. The van der Waals surface area contributed by atoms with Gasteiger partial charge in [0.25, 0.3) is 0 Å². The number of aliphatic hydroxyl groups is 2. The summed E-state index contributed by atoms with van der Waals surface area (Å²) in [5.41, 5.74) is 0. The number of ether oxygens (including phenoxy) is 2. The predicted octanol–water partition coefficient (Wildman–Crippen LogP) is -0.130. The Balaban J connectivity index is 0. The molecule has 3 atom stereocenters. The molecule has 3 N–H and O–H groups in total. The summed E-state index contributed by atoms with van der Waals surface area (Å²) in [4.78, 5) is 9.81. The van der Waals surface area contributed by atoms with Gasteiger partial charge in [0.05, 0.1) is 25.4 Å². The molecule has 3 unspecified atom stereocenters. The fourth-order valence-electron chi connectivity index (χ4n) is 0.457. The molecule has 0 aromatic rings. The summed E-state index contributed by atoms with van der Waals surface area (Å²) in [5, 5.41) is 25.2. The van der Waals surface area contributed by atoms with Crippen molar-refractivity contribution in [3.8, 4) is 0 Å². The summed E-state index contributed by atoms with van der Waals surface area (Å²) in [7, 11) is 1.36. The van der Waals surface area contributed by atoms with Crippen LogP contribution in [0.3, 0.4) is 0 Å². The lowest BCUT2D eigenvalue weighted by Crippen LogP contribution is -2.19. The van der Waals surface area contributed by atoms with Crippen molar-refractivity contribution < 1.29 is 29.6 Å². The van der Waals surface area contributed by atoms with Crippen LogP contribution in [0.2, 0.25) is 0 Å². The molecule has 16 heavy (non-hydrogen) atoms. The van der Waals surface area contributed by atoms with E-state index in [4.69, 9.17) is 20.1 Å². The number of rotatable bonds is 6. The highest BCUT2D eigenvalue weighted by Crippen LogP contribution is 1.90. The third-order valence-electron chi connectivity index (χ3n) is 1.58. The van der Waals surface area contributed by atoms with Gasteiger partial charge in [0.15, 0.2) is 6.10 Å². The molecular weight excluding hydrogens is 216 g/mol. The SMILES string of the molecule is CC(O)COC(C)CO.COC(C)C(=O)O. The van der Waals surface area contributed by atoms with Gasteiger partial charge in [0.1, 0.15) is 0 Å². The Morgan fingerprint density at radius 3 is 2.00 bits per heavy atom. The van der Waals surface area contributed by atoms with Crippen molar-refractivity contribution in [2.75, 3.05) is 20.3 Å². The summed E-state index contributed by atoms with van der Waals surface area (Å²) in [5.74, 6) is -0.928. The second kappa shape index (κ2) is 10.8. The molecule has 0 aliphatic rings. The number of hydrogen-bond donors (Lipinski definition) is 3. The smallest absolute Gasteiger partial charge is 0.332 e. The highest BCUT2D eigenvalue weighted by atomic mass is 16.5. The molecule has 0 aromatic carbocycles. The molecule has 0 radical (unpaired) electrons. The first-order valence-electron chi connectivity index (χ1n) is 5.01. The molecule has 0 saturated carbocycles. The van der Waals surface area contributed by atoms with Gasteiger partial charge in [-0.1, -0.05) is 0 Å². The van der Waals surface area contributed by atoms with Crippen LogP contribution in [0, 0.1) is 0 Å². The molecular formula is C10H22O6. The Labute approximate surface area is 95.8 Å². The fraction of sp³-hybridized carbons (Fsp3) is 0.900. The number of hydrogen-bond acceptors (Lipinski definition) is 5. The zero-order chi connectivity index (χ0) is 13.1. The molecule has 0 rings (SSSR count). The van der Waals surface area contributed by atoms with Gasteiger partial charge in [-0.25, -0.2) is 4.79 Å². The van der Waals surface area contributed by atoms with E-state index in [0.717, 1.165) is 0 Å². The molecule has 0 amide bonds. The number of aliphatic hydroxyl groups excluding tert-OH is 2. The normalized spacial score (nSPS) is 15.6. The third-order valence-corrected chi connectivity index (χ3v) is 1.58. The van der Waals surface area contributed by atoms with E-state index in [-0.39, 0.29) is 12.7 Å². The maximum Gasteiger partial charge on any atom is 0.332 e. The number of carboxylic acids is 1. The van der Waals surface area contributed by atoms with Gasteiger partial charge < -0.3 is 24.8 Å². The molecule has 0 aromatic heterocycles. The van der Waals surface area contributed by atoms with Crippen molar-refractivity contribution in [3.05, 3.63) is 0 Å². The number of aliphatic carboxylic acids is 1. The van der Waals surface area contributed by atoms with Gasteiger partial charge in [-0.15, -0.1) is 0 Å². The lowest BCUT2D eigenvalue weighted by atomic mass is 10.4. The van der Waals surface area contributed by atoms with Crippen LogP contribution in [0.25, 0.3) is 0 Å². The topological polar surface area (TPSA) is 96.2 Å². The Kier molecular flexibility index (Phi) is 12.0. The molecule has 98 valence electrons. The molecule has 6 heteroatoms. The number of carbonyl (C=O) groups is 1. The zero-order valence-corrected chi connectivity index (χ0v) is 10.2. The van der Waals surface area contributed by atoms with E-state index in [9.17, 15) is 4.79 Å². The average molecular weight is 238 g/mol. The van der Waals surface area contributed by atoms with Crippen molar-refractivity contribution in [2.24, 2.45) is 0 Å². The summed E-state index contributed by atoms with van der Waals surface area (Å²) in [6.07, 6.45) is -1.29. The lowest BCUT2D eigenvalue weighted by molar-refractivity contribution is -0.147. The molecule has 0 saturated heterocycles. The largest absolute Gasteiger partial charge is 0.479 e. The molecule has 0 heterocycles. The zero-order valence-electron chi connectivity index (χ0n) is 10.2. The highest BCUT2D eigenvalue weighted by molar-refractivity contribution is 5.71. The summed E-state index contributed by atoms with van der Waals surface area (Å²) in [6, 6.07) is 0. The van der Waals surface area contributed by atoms with E-state index in [1.165, 1.54) is 14.0 Å². The minimum atomic E-state index is -0.928. The monoisotopic (exact) mass is 238 g/mol. The van der Waals surface area contributed by atoms with Crippen LogP contribution < -0.4 is 0 Å². The van der Waals surface area contributed by atoms with E-state index in [0.29, 0.717) is 6.61 Å². The van der Waals surface area contributed by atoms with Crippen molar-refractivity contribution >= 4 is 5.97 Å². The number of methoxy groups -OCH3 is 1. The summed E-state index contributed by atoms with van der Waals surface area (Å²) < 4.78 is 9.36. The maximum atomic E-state index is 9.81. The van der Waals surface area contributed by atoms with Crippen LogP contribution in [0.1, 0.15) is 20.8 Å². The van der Waals surface area contributed by atoms with Gasteiger partial charge in [-0.05, 0) is 20.8 Å². The Bertz CT molecular complexity index is 171. The first-order valence-corrected chi connectivity index (χ1v) is 5.01. The van der Waals surface area contributed by atoms with Crippen LogP contribution in [0.5, 0.6) is 0 Å². The van der Waals surface area contributed by atoms with E-state index in [1.54, 1.807) is 13.8 Å². The van der Waals surface area contributed by atoms with Gasteiger partial charge in [-0.2, -0.15) is 0 Å².